The molecule has 0 atom stereocenters. The number of hydrazone groups is 1. The maximum atomic E-state index is 11.8. The van der Waals surface area contributed by atoms with Crippen molar-refractivity contribution in [3.05, 3.63) is 80.2 Å². The number of hydrogen-bond acceptors (Lipinski definition) is 6. The van der Waals surface area contributed by atoms with Gasteiger partial charge in [0.2, 0.25) is 5.95 Å². The van der Waals surface area contributed by atoms with Gasteiger partial charge in [0.15, 0.2) is 11.5 Å². The minimum atomic E-state index is -0.194. The molecule has 0 radical (unpaired) electrons. The Morgan fingerprint density at radius 2 is 2.00 bits per heavy atom. The molecule has 0 unspecified atom stereocenters. The molecule has 7 nitrogen and oxygen atoms in total. The first-order chi connectivity index (χ1) is 14.5. The van der Waals surface area contributed by atoms with Gasteiger partial charge >= 0.3 is 0 Å². The summed E-state index contributed by atoms with van der Waals surface area (Å²) in [6.45, 7) is 6.28. The number of nitrogens with zero attached hydrogens (tertiary/aromatic N) is 2. The van der Waals surface area contributed by atoms with E-state index in [1.54, 1.807) is 20.1 Å². The fourth-order valence-corrected chi connectivity index (χ4v) is 2.86. The van der Waals surface area contributed by atoms with Crippen LogP contribution in [-0.2, 0) is 6.61 Å². The van der Waals surface area contributed by atoms with Gasteiger partial charge in [0, 0.05) is 16.3 Å². The first kappa shape index (κ1) is 21.4. The second-order valence-electron chi connectivity index (χ2n) is 6.55. The van der Waals surface area contributed by atoms with E-state index in [0.717, 1.165) is 11.1 Å². The van der Waals surface area contributed by atoms with Gasteiger partial charge in [0.1, 0.15) is 6.61 Å². The average molecular weight is 427 g/mol. The van der Waals surface area contributed by atoms with Crippen molar-refractivity contribution < 1.29 is 9.47 Å². The van der Waals surface area contributed by atoms with Crippen molar-refractivity contribution in [1.82, 2.24) is 9.97 Å². The van der Waals surface area contributed by atoms with E-state index < -0.39 is 0 Å². The zero-order valence-corrected chi connectivity index (χ0v) is 17.8. The smallest absolute Gasteiger partial charge is 0.255 e. The van der Waals surface area contributed by atoms with Crippen molar-refractivity contribution in [3.8, 4) is 11.5 Å². The maximum Gasteiger partial charge on any atom is 0.255 e. The predicted octanol–water partition coefficient (Wildman–Crippen LogP) is 4.46. The van der Waals surface area contributed by atoms with Crippen molar-refractivity contribution in [2.24, 2.45) is 5.10 Å². The zero-order valence-electron chi connectivity index (χ0n) is 17.0. The second kappa shape index (κ2) is 9.93. The fourth-order valence-electron chi connectivity index (χ4n) is 2.65. The Hall–Kier alpha value is -3.32. The summed E-state index contributed by atoms with van der Waals surface area (Å²) in [5, 5.41) is 4.81. The van der Waals surface area contributed by atoms with E-state index in [1.807, 2.05) is 49.4 Å². The lowest BCUT2D eigenvalue weighted by atomic mass is 10.2. The molecule has 0 amide bonds. The number of benzene rings is 2. The van der Waals surface area contributed by atoms with Gasteiger partial charge < -0.3 is 9.47 Å². The first-order valence-electron chi connectivity index (χ1n) is 9.47. The van der Waals surface area contributed by atoms with Crippen molar-refractivity contribution >= 4 is 23.8 Å². The van der Waals surface area contributed by atoms with Gasteiger partial charge in [-0.15, -0.1) is 0 Å². The highest BCUT2D eigenvalue weighted by Gasteiger charge is 2.07. The van der Waals surface area contributed by atoms with Crippen LogP contribution in [0, 0.1) is 13.8 Å². The van der Waals surface area contributed by atoms with Crippen LogP contribution in [0.15, 0.2) is 52.4 Å². The maximum absolute atomic E-state index is 11.8. The van der Waals surface area contributed by atoms with Crippen LogP contribution in [0.1, 0.15) is 29.3 Å². The number of H-pyrrole nitrogens is 1. The second-order valence-corrected chi connectivity index (χ2v) is 6.99. The standard InChI is InChI=1S/C22H23ClN4O3/c1-4-29-20-11-16(12-24-27-22-25-15(3)14(2)21(28)26-22)8-9-19(20)30-13-17-6-5-7-18(23)10-17/h5-12H,4,13H2,1-3H3,(H2,25,26,27,28)/b24-12-. The number of aromatic nitrogens is 2. The first-order valence-corrected chi connectivity index (χ1v) is 9.84. The molecule has 2 aromatic carbocycles. The Labute approximate surface area is 179 Å². The van der Waals surface area contributed by atoms with Crippen LogP contribution in [0.2, 0.25) is 5.02 Å². The molecule has 0 spiro atoms. The highest BCUT2D eigenvalue weighted by Crippen LogP contribution is 2.29. The number of aromatic amines is 1. The van der Waals surface area contributed by atoms with Crippen LogP contribution in [0.5, 0.6) is 11.5 Å². The van der Waals surface area contributed by atoms with Gasteiger partial charge in [-0.05, 0) is 62.2 Å². The quantitative estimate of drug-likeness (QED) is 0.410. The number of nitrogens with one attached hydrogen (secondary N) is 2. The molecule has 0 saturated carbocycles. The van der Waals surface area contributed by atoms with Crippen LogP contribution in [0.4, 0.5) is 5.95 Å². The molecule has 156 valence electrons. The summed E-state index contributed by atoms with van der Waals surface area (Å²) < 4.78 is 11.6. The zero-order chi connectivity index (χ0) is 21.5. The summed E-state index contributed by atoms with van der Waals surface area (Å²) >= 11 is 6.02. The molecule has 3 aromatic rings. The minimum Gasteiger partial charge on any atom is -0.490 e. The number of halogens is 1. The van der Waals surface area contributed by atoms with Crippen LogP contribution in [-0.4, -0.2) is 22.8 Å². The lowest BCUT2D eigenvalue weighted by Gasteiger charge is -2.13. The molecule has 2 N–H and O–H groups in total. The van der Waals surface area contributed by atoms with Crippen LogP contribution in [0.3, 0.4) is 0 Å². The fraction of sp³-hybridized carbons (Fsp3) is 0.227. The highest BCUT2D eigenvalue weighted by molar-refractivity contribution is 6.30. The molecule has 30 heavy (non-hydrogen) atoms. The van der Waals surface area contributed by atoms with E-state index in [-0.39, 0.29) is 11.5 Å². The third-order valence-electron chi connectivity index (χ3n) is 4.33. The summed E-state index contributed by atoms with van der Waals surface area (Å²) in [7, 11) is 0. The Morgan fingerprint density at radius 1 is 1.17 bits per heavy atom. The molecule has 1 heterocycles. The number of aryl methyl sites for hydroxylation is 1. The van der Waals surface area contributed by atoms with Gasteiger partial charge in [0.25, 0.3) is 5.56 Å². The minimum absolute atomic E-state index is 0.194. The Morgan fingerprint density at radius 3 is 2.73 bits per heavy atom. The molecular weight excluding hydrogens is 404 g/mol. The predicted molar refractivity (Wildman–Crippen MR) is 119 cm³/mol. The lowest BCUT2D eigenvalue weighted by Crippen LogP contribution is -2.15. The summed E-state index contributed by atoms with van der Waals surface area (Å²) in [5.74, 6) is 1.52. The summed E-state index contributed by atoms with van der Waals surface area (Å²) in [6, 6.07) is 13.0. The van der Waals surface area contributed by atoms with Crippen LogP contribution >= 0.6 is 11.6 Å². The monoisotopic (exact) mass is 426 g/mol. The van der Waals surface area contributed by atoms with Gasteiger partial charge in [-0.1, -0.05) is 23.7 Å². The molecule has 0 fully saturated rings. The number of hydrogen-bond donors (Lipinski definition) is 2. The summed E-state index contributed by atoms with van der Waals surface area (Å²) in [4.78, 5) is 18.7. The van der Waals surface area contributed by atoms with Crippen molar-refractivity contribution in [1.29, 1.82) is 0 Å². The van der Waals surface area contributed by atoms with Gasteiger partial charge in [0.05, 0.1) is 12.8 Å². The molecular formula is C22H23ClN4O3. The van der Waals surface area contributed by atoms with E-state index >= 15 is 0 Å². The van der Waals surface area contributed by atoms with Gasteiger partial charge in [-0.3, -0.25) is 9.78 Å². The van der Waals surface area contributed by atoms with E-state index in [2.05, 4.69) is 20.5 Å². The molecule has 3 rings (SSSR count). The third-order valence-corrected chi connectivity index (χ3v) is 4.56. The van der Waals surface area contributed by atoms with Crippen molar-refractivity contribution in [2.45, 2.75) is 27.4 Å². The number of rotatable bonds is 8. The summed E-state index contributed by atoms with van der Waals surface area (Å²) in [6.07, 6.45) is 1.61. The molecule has 0 aliphatic heterocycles. The Balaban J connectivity index is 1.70. The molecule has 0 aliphatic carbocycles. The number of ether oxygens (including phenoxy) is 2. The molecule has 0 bridgehead atoms. The highest BCUT2D eigenvalue weighted by atomic mass is 35.5. The third kappa shape index (κ3) is 5.61. The van der Waals surface area contributed by atoms with E-state index in [4.69, 9.17) is 21.1 Å². The molecule has 8 heteroatoms. The average Bonchev–Trinajstić information content (AvgIpc) is 2.71. The van der Waals surface area contributed by atoms with Gasteiger partial charge in [-0.25, -0.2) is 10.4 Å². The van der Waals surface area contributed by atoms with Gasteiger partial charge in [-0.2, -0.15) is 5.10 Å². The molecule has 0 saturated heterocycles. The summed E-state index contributed by atoms with van der Waals surface area (Å²) in [5.41, 5.74) is 5.54. The SMILES string of the molecule is CCOc1cc(/C=N\Nc2nc(C)c(C)c(=O)[nH]2)ccc1OCc1cccc(Cl)c1. The molecule has 1 aromatic heterocycles. The number of anilines is 1. The lowest BCUT2D eigenvalue weighted by molar-refractivity contribution is 0.269. The van der Waals surface area contributed by atoms with Crippen LogP contribution in [0.25, 0.3) is 0 Å². The van der Waals surface area contributed by atoms with E-state index in [0.29, 0.717) is 41.0 Å². The van der Waals surface area contributed by atoms with E-state index in [9.17, 15) is 4.79 Å². The normalized spacial score (nSPS) is 10.9. The largest absolute Gasteiger partial charge is 0.490 e. The topological polar surface area (TPSA) is 88.6 Å². The van der Waals surface area contributed by atoms with Crippen molar-refractivity contribution in [3.63, 3.8) is 0 Å². The molecule has 0 aliphatic rings. The Bertz CT molecular complexity index is 1110. The van der Waals surface area contributed by atoms with Crippen molar-refractivity contribution in [2.75, 3.05) is 12.0 Å². The van der Waals surface area contributed by atoms with Crippen LogP contribution < -0.4 is 20.5 Å². The Kier molecular flexibility index (Phi) is 7.08. The van der Waals surface area contributed by atoms with E-state index in [1.165, 1.54) is 0 Å².